The van der Waals surface area contributed by atoms with Crippen molar-refractivity contribution in [3.63, 3.8) is 0 Å². The van der Waals surface area contributed by atoms with Gasteiger partial charge in [-0.15, -0.1) is 0 Å². The summed E-state index contributed by atoms with van der Waals surface area (Å²) in [5.41, 5.74) is 0. The van der Waals surface area contributed by atoms with E-state index in [0.29, 0.717) is 19.3 Å². The number of rotatable bonds is 61. The topological polar surface area (TPSA) is 78.9 Å². The van der Waals surface area contributed by atoms with Crippen molar-refractivity contribution in [3.05, 3.63) is 109 Å². The lowest BCUT2D eigenvalue weighted by molar-refractivity contribution is -0.167. The average Bonchev–Trinajstić information content (AvgIpc) is 3.46. The second kappa shape index (κ2) is 67.6. The van der Waals surface area contributed by atoms with E-state index < -0.39 is 6.10 Å². The maximum Gasteiger partial charge on any atom is 0.306 e. The first kappa shape index (κ1) is 76.1. The van der Waals surface area contributed by atoms with Crippen LogP contribution in [0, 0.1) is 0 Å². The molecule has 0 radical (unpaired) electrons. The Morgan fingerprint density at radius 1 is 0.263 bits per heavy atom. The summed E-state index contributed by atoms with van der Waals surface area (Å²) in [6.07, 6.45) is 92.4. The number of unbranched alkanes of at least 4 members (excludes halogenated alkanes) is 32. The lowest BCUT2D eigenvalue weighted by atomic mass is 10.0. The molecule has 0 bridgehead atoms. The van der Waals surface area contributed by atoms with Crippen LogP contribution < -0.4 is 0 Å². The molecular weight excluding hydrogens is 985 g/mol. The van der Waals surface area contributed by atoms with Gasteiger partial charge in [0.15, 0.2) is 6.10 Å². The van der Waals surface area contributed by atoms with Crippen molar-refractivity contribution < 1.29 is 28.6 Å². The van der Waals surface area contributed by atoms with Crippen LogP contribution in [0.1, 0.15) is 323 Å². The molecule has 1 atom stereocenters. The normalized spacial score (nSPS) is 12.8. The molecule has 0 saturated carbocycles. The minimum Gasteiger partial charge on any atom is -0.462 e. The van der Waals surface area contributed by atoms with Gasteiger partial charge in [0.1, 0.15) is 13.2 Å². The van der Waals surface area contributed by atoms with Gasteiger partial charge in [0, 0.05) is 19.3 Å². The number of carbonyl (C=O) groups excluding carboxylic acids is 3. The van der Waals surface area contributed by atoms with E-state index in [9.17, 15) is 14.4 Å². The van der Waals surface area contributed by atoms with Gasteiger partial charge in [0.2, 0.25) is 0 Å². The van der Waals surface area contributed by atoms with E-state index in [1.165, 1.54) is 167 Å². The Bertz CT molecular complexity index is 1610. The van der Waals surface area contributed by atoms with Gasteiger partial charge in [-0.2, -0.15) is 0 Å². The van der Waals surface area contributed by atoms with Crippen LogP contribution in [0.2, 0.25) is 0 Å². The standard InChI is InChI=1S/C74H126O6/c1-4-7-10-13-16-19-22-25-27-29-30-31-32-33-34-35-36-37-38-39-40-41-42-43-44-46-47-49-52-55-58-61-64-67-73(76)79-70-71(69-78-72(75)66-63-60-57-54-51-24-21-18-15-12-9-6-3)80-74(77)68-65-62-59-56-53-50-48-45-28-26-23-20-17-14-11-8-5-2/h7,10,16,19,25-28,30-31,33-34,36-37,39-40,42-43,71H,4-6,8-9,11-15,17-18,20-24,29,32,35,38,41,44-70H2,1-3H3/b10-7-,19-16-,27-25-,28-26-,31-30-,34-33-,37-36-,40-39-,43-42-. The number of carbonyl (C=O) groups is 3. The van der Waals surface area contributed by atoms with Crippen LogP contribution in [-0.4, -0.2) is 37.2 Å². The highest BCUT2D eigenvalue weighted by Crippen LogP contribution is 2.16. The fourth-order valence-electron chi connectivity index (χ4n) is 9.45. The minimum atomic E-state index is -0.783. The third kappa shape index (κ3) is 64.9. The SMILES string of the molecule is CC/C=C\C/C=C\C/C=C\C/C=C\C/C=C\C/C=C\C/C=C\C/C=C\CCCCCCCCCCC(=O)OCC(COC(=O)CCCCCCCCCCCCCC)OC(=O)CCCCCCCCC/C=C\CCCCCCCC. The number of esters is 3. The van der Waals surface area contributed by atoms with Gasteiger partial charge in [-0.05, 0) is 109 Å². The van der Waals surface area contributed by atoms with Crippen LogP contribution >= 0.6 is 0 Å². The van der Waals surface area contributed by atoms with Gasteiger partial charge >= 0.3 is 17.9 Å². The van der Waals surface area contributed by atoms with Gasteiger partial charge in [-0.1, -0.05) is 304 Å². The van der Waals surface area contributed by atoms with E-state index in [1.807, 2.05) is 0 Å². The molecule has 0 rings (SSSR count). The third-order valence-corrected chi connectivity index (χ3v) is 14.5. The molecule has 0 aromatic rings. The monoisotopic (exact) mass is 1110 g/mol. The lowest BCUT2D eigenvalue weighted by Gasteiger charge is -2.18. The van der Waals surface area contributed by atoms with Crippen molar-refractivity contribution in [2.24, 2.45) is 0 Å². The first-order chi connectivity index (χ1) is 39.5. The van der Waals surface area contributed by atoms with Gasteiger partial charge in [-0.3, -0.25) is 14.4 Å². The van der Waals surface area contributed by atoms with Crippen LogP contribution in [0.4, 0.5) is 0 Å². The molecule has 1 unspecified atom stereocenters. The van der Waals surface area contributed by atoms with Crippen LogP contribution in [-0.2, 0) is 28.6 Å². The molecule has 6 nitrogen and oxygen atoms in total. The van der Waals surface area contributed by atoms with Crippen LogP contribution in [0.15, 0.2) is 109 Å². The molecule has 0 heterocycles. The Morgan fingerprint density at radius 2 is 0.487 bits per heavy atom. The average molecular weight is 1110 g/mol. The van der Waals surface area contributed by atoms with Crippen molar-refractivity contribution in [3.8, 4) is 0 Å². The summed E-state index contributed by atoms with van der Waals surface area (Å²) in [7, 11) is 0. The zero-order valence-electron chi connectivity index (χ0n) is 52.6. The van der Waals surface area contributed by atoms with Crippen molar-refractivity contribution >= 4 is 17.9 Å². The number of hydrogen-bond donors (Lipinski definition) is 0. The summed E-state index contributed by atoms with van der Waals surface area (Å²) in [6, 6.07) is 0. The summed E-state index contributed by atoms with van der Waals surface area (Å²) >= 11 is 0. The van der Waals surface area contributed by atoms with Crippen LogP contribution in [0.25, 0.3) is 0 Å². The third-order valence-electron chi connectivity index (χ3n) is 14.5. The van der Waals surface area contributed by atoms with Crippen molar-refractivity contribution in [2.45, 2.75) is 329 Å². The molecule has 6 heteroatoms. The molecule has 80 heavy (non-hydrogen) atoms. The molecule has 0 fully saturated rings. The van der Waals surface area contributed by atoms with E-state index >= 15 is 0 Å². The van der Waals surface area contributed by atoms with Crippen molar-refractivity contribution in [1.82, 2.24) is 0 Å². The van der Waals surface area contributed by atoms with Gasteiger partial charge in [-0.25, -0.2) is 0 Å². The quantitative estimate of drug-likeness (QED) is 0.0261. The Balaban J connectivity index is 4.26. The Hall–Kier alpha value is -3.93. The highest BCUT2D eigenvalue weighted by molar-refractivity contribution is 5.71. The Kier molecular flexibility index (Phi) is 64.3. The minimum absolute atomic E-state index is 0.0791. The molecule has 0 aliphatic heterocycles. The summed E-state index contributed by atoms with van der Waals surface area (Å²) < 4.78 is 16.9. The molecule has 0 aromatic heterocycles. The lowest BCUT2D eigenvalue weighted by Crippen LogP contribution is -2.30. The van der Waals surface area contributed by atoms with E-state index in [1.54, 1.807) is 0 Å². The molecule has 0 aliphatic carbocycles. The highest BCUT2D eigenvalue weighted by Gasteiger charge is 2.19. The highest BCUT2D eigenvalue weighted by atomic mass is 16.6. The Labute approximate surface area is 495 Å². The van der Waals surface area contributed by atoms with Crippen molar-refractivity contribution in [2.75, 3.05) is 13.2 Å². The second-order valence-electron chi connectivity index (χ2n) is 22.4. The van der Waals surface area contributed by atoms with Gasteiger partial charge in [0.25, 0.3) is 0 Å². The van der Waals surface area contributed by atoms with E-state index in [0.717, 1.165) is 116 Å². The van der Waals surface area contributed by atoms with Crippen molar-refractivity contribution in [1.29, 1.82) is 0 Å². The van der Waals surface area contributed by atoms with Gasteiger partial charge in [0.05, 0.1) is 0 Å². The first-order valence-corrected chi connectivity index (χ1v) is 33.9. The maximum absolute atomic E-state index is 12.9. The number of hydrogen-bond acceptors (Lipinski definition) is 6. The molecule has 0 amide bonds. The maximum atomic E-state index is 12.9. The van der Waals surface area contributed by atoms with Crippen LogP contribution in [0.5, 0.6) is 0 Å². The first-order valence-electron chi connectivity index (χ1n) is 33.9. The zero-order chi connectivity index (χ0) is 57.8. The fraction of sp³-hybridized carbons (Fsp3) is 0.716. The van der Waals surface area contributed by atoms with Gasteiger partial charge < -0.3 is 14.2 Å². The number of ether oxygens (including phenoxy) is 3. The Morgan fingerprint density at radius 3 is 0.775 bits per heavy atom. The molecule has 0 spiro atoms. The molecule has 0 N–H and O–H groups in total. The molecule has 0 aliphatic rings. The summed E-state index contributed by atoms with van der Waals surface area (Å²) in [6.45, 7) is 6.54. The van der Waals surface area contributed by atoms with E-state index in [2.05, 4.69) is 130 Å². The van der Waals surface area contributed by atoms with E-state index in [-0.39, 0.29) is 31.1 Å². The van der Waals surface area contributed by atoms with E-state index in [4.69, 9.17) is 14.2 Å². The largest absolute Gasteiger partial charge is 0.462 e. The van der Waals surface area contributed by atoms with Crippen LogP contribution in [0.3, 0.4) is 0 Å². The fourth-order valence-corrected chi connectivity index (χ4v) is 9.45. The predicted octanol–water partition coefficient (Wildman–Crippen LogP) is 23.4. The summed E-state index contributed by atoms with van der Waals surface area (Å²) in [5, 5.41) is 0. The smallest absolute Gasteiger partial charge is 0.306 e. The number of allylic oxidation sites excluding steroid dienone is 18. The zero-order valence-corrected chi connectivity index (χ0v) is 52.6. The second-order valence-corrected chi connectivity index (χ2v) is 22.4. The molecule has 0 saturated heterocycles. The summed E-state index contributed by atoms with van der Waals surface area (Å²) in [4.78, 5) is 38.3. The molecular formula is C74H126O6. The summed E-state index contributed by atoms with van der Waals surface area (Å²) in [5.74, 6) is -0.881. The predicted molar refractivity (Wildman–Crippen MR) is 348 cm³/mol. The molecule has 0 aromatic carbocycles. The molecule has 458 valence electrons.